The number of ether oxygens (including phenoxy) is 1. The number of anilines is 1. The van der Waals surface area contributed by atoms with Crippen molar-refractivity contribution < 1.29 is 4.74 Å². The fraction of sp³-hybridized carbons (Fsp3) is 0.591. The van der Waals surface area contributed by atoms with Gasteiger partial charge in [-0.1, -0.05) is 19.8 Å². The van der Waals surface area contributed by atoms with Crippen molar-refractivity contribution in [2.24, 2.45) is 0 Å². The van der Waals surface area contributed by atoms with Gasteiger partial charge in [0.1, 0.15) is 5.75 Å². The van der Waals surface area contributed by atoms with Crippen molar-refractivity contribution in [1.29, 1.82) is 0 Å². The number of methoxy groups -OCH3 is 1. The molecule has 0 bridgehead atoms. The van der Waals surface area contributed by atoms with Gasteiger partial charge in [-0.05, 0) is 64.3 Å². The van der Waals surface area contributed by atoms with Gasteiger partial charge in [0, 0.05) is 29.7 Å². The number of benzene rings is 1. The smallest absolute Gasteiger partial charge is 0.121 e. The van der Waals surface area contributed by atoms with Crippen molar-refractivity contribution >= 4 is 29.0 Å². The minimum Gasteiger partial charge on any atom is -0.497 e. The molecule has 4 nitrogen and oxygen atoms in total. The molecule has 0 spiro atoms. The number of nitrogens with zero attached hydrogens (tertiary/aromatic N) is 1. The predicted octanol–water partition coefficient (Wildman–Crippen LogP) is 5.64. The van der Waals surface area contributed by atoms with E-state index in [1.807, 2.05) is 6.92 Å². The second kappa shape index (κ2) is 12.0. The van der Waals surface area contributed by atoms with Gasteiger partial charge >= 0.3 is 0 Å². The number of aromatic nitrogens is 1. The molecule has 0 aliphatic carbocycles. The lowest BCUT2D eigenvalue weighted by molar-refractivity contribution is 0.415. The maximum absolute atomic E-state index is 5.47. The Morgan fingerprint density at radius 2 is 1.74 bits per heavy atom. The minimum atomic E-state index is 0. The lowest BCUT2D eigenvalue weighted by Crippen LogP contribution is -2.25. The summed E-state index contributed by atoms with van der Waals surface area (Å²) >= 11 is 0. The molecular formula is C22H36ClN3O. The highest BCUT2D eigenvalue weighted by Crippen LogP contribution is 2.30. The van der Waals surface area contributed by atoms with Crippen LogP contribution < -0.4 is 15.4 Å². The Hall–Kier alpha value is -1.52. The van der Waals surface area contributed by atoms with E-state index in [1.54, 1.807) is 7.11 Å². The van der Waals surface area contributed by atoms with Gasteiger partial charge in [-0.2, -0.15) is 0 Å². The Labute approximate surface area is 170 Å². The Balaban J connectivity index is 0.00000364. The largest absolute Gasteiger partial charge is 0.497 e. The van der Waals surface area contributed by atoms with Crippen LogP contribution in [0.1, 0.15) is 57.2 Å². The van der Waals surface area contributed by atoms with Gasteiger partial charge in [-0.15, -0.1) is 12.4 Å². The molecule has 1 unspecified atom stereocenters. The molecule has 0 saturated heterocycles. The number of pyridine rings is 1. The van der Waals surface area contributed by atoms with Crippen molar-refractivity contribution in [3.05, 3.63) is 29.5 Å². The zero-order valence-corrected chi connectivity index (χ0v) is 18.3. The standard InChI is InChI=1S/C22H35N3O.ClH/c1-6-17(3)23-11-9-7-8-10-12-24-21-15-19(26-5)14-20-16(2)13-18(4)25-22(20)21;/h13-15,17,23-24H,6-12H2,1-5H3;1H. The number of fused-ring (bicyclic) bond motifs is 1. The second-order valence-corrected chi connectivity index (χ2v) is 7.26. The first-order valence-corrected chi connectivity index (χ1v) is 9.98. The lowest BCUT2D eigenvalue weighted by atomic mass is 10.1. The fourth-order valence-corrected chi connectivity index (χ4v) is 3.20. The first-order chi connectivity index (χ1) is 12.5. The van der Waals surface area contributed by atoms with Crippen LogP contribution in [0.5, 0.6) is 5.75 Å². The molecule has 27 heavy (non-hydrogen) atoms. The molecule has 2 N–H and O–H groups in total. The zero-order valence-electron chi connectivity index (χ0n) is 17.5. The highest BCUT2D eigenvalue weighted by molar-refractivity contribution is 5.94. The summed E-state index contributed by atoms with van der Waals surface area (Å²) in [5.74, 6) is 0.880. The van der Waals surface area contributed by atoms with Crippen molar-refractivity contribution in [2.45, 2.75) is 65.8 Å². The molecule has 0 amide bonds. The topological polar surface area (TPSA) is 46.2 Å². The van der Waals surface area contributed by atoms with Crippen LogP contribution in [0.2, 0.25) is 0 Å². The molecule has 152 valence electrons. The average Bonchev–Trinajstić information content (AvgIpc) is 2.63. The predicted molar refractivity (Wildman–Crippen MR) is 120 cm³/mol. The number of aryl methyl sites for hydroxylation is 2. The van der Waals surface area contributed by atoms with E-state index in [4.69, 9.17) is 9.72 Å². The third-order valence-electron chi connectivity index (χ3n) is 4.98. The van der Waals surface area contributed by atoms with Crippen LogP contribution >= 0.6 is 12.4 Å². The van der Waals surface area contributed by atoms with Crippen LogP contribution in [-0.4, -0.2) is 31.2 Å². The van der Waals surface area contributed by atoms with E-state index in [0.717, 1.165) is 41.1 Å². The Morgan fingerprint density at radius 3 is 2.41 bits per heavy atom. The van der Waals surface area contributed by atoms with Gasteiger partial charge < -0.3 is 15.4 Å². The Morgan fingerprint density at radius 1 is 1.04 bits per heavy atom. The molecule has 1 aromatic carbocycles. The van der Waals surface area contributed by atoms with E-state index in [-0.39, 0.29) is 12.4 Å². The van der Waals surface area contributed by atoms with Crippen LogP contribution in [0.15, 0.2) is 18.2 Å². The normalized spacial score (nSPS) is 11.9. The first-order valence-electron chi connectivity index (χ1n) is 9.98. The minimum absolute atomic E-state index is 0. The van der Waals surface area contributed by atoms with Crippen LogP contribution in [0.4, 0.5) is 5.69 Å². The van der Waals surface area contributed by atoms with Crippen molar-refractivity contribution in [3.8, 4) is 5.75 Å². The Kier molecular flexibility index (Phi) is 10.5. The molecule has 5 heteroatoms. The monoisotopic (exact) mass is 393 g/mol. The molecule has 2 aromatic rings. The highest BCUT2D eigenvalue weighted by Gasteiger charge is 2.09. The SMILES string of the molecule is CCC(C)NCCCCCCNc1cc(OC)cc2c(C)cc(C)nc12.Cl. The Bertz CT molecular complexity index is 706. The maximum Gasteiger partial charge on any atom is 0.121 e. The molecular weight excluding hydrogens is 358 g/mol. The summed E-state index contributed by atoms with van der Waals surface area (Å²) in [4.78, 5) is 4.75. The number of hydrogen-bond donors (Lipinski definition) is 2. The summed E-state index contributed by atoms with van der Waals surface area (Å²) < 4.78 is 5.47. The quantitative estimate of drug-likeness (QED) is 0.485. The molecule has 1 aromatic heterocycles. The molecule has 0 fully saturated rings. The molecule has 0 saturated carbocycles. The third kappa shape index (κ3) is 7.19. The van der Waals surface area contributed by atoms with Gasteiger partial charge in [0.2, 0.25) is 0 Å². The van der Waals surface area contributed by atoms with Crippen molar-refractivity contribution in [3.63, 3.8) is 0 Å². The van der Waals surface area contributed by atoms with E-state index < -0.39 is 0 Å². The van der Waals surface area contributed by atoms with Gasteiger partial charge in [-0.3, -0.25) is 4.98 Å². The summed E-state index contributed by atoms with van der Waals surface area (Å²) in [5.41, 5.74) is 4.41. The van der Waals surface area contributed by atoms with E-state index >= 15 is 0 Å². The van der Waals surface area contributed by atoms with Gasteiger partial charge in [-0.25, -0.2) is 0 Å². The number of nitrogens with one attached hydrogen (secondary N) is 2. The summed E-state index contributed by atoms with van der Waals surface area (Å²) in [5, 5.41) is 8.29. The van der Waals surface area contributed by atoms with Crippen LogP contribution in [0.3, 0.4) is 0 Å². The average molecular weight is 394 g/mol. The highest BCUT2D eigenvalue weighted by atomic mass is 35.5. The molecule has 2 rings (SSSR count). The van der Waals surface area contributed by atoms with E-state index in [1.165, 1.54) is 37.7 Å². The van der Waals surface area contributed by atoms with Crippen molar-refractivity contribution in [2.75, 3.05) is 25.5 Å². The third-order valence-corrected chi connectivity index (χ3v) is 4.98. The number of rotatable bonds is 11. The van der Waals surface area contributed by atoms with E-state index in [9.17, 15) is 0 Å². The zero-order chi connectivity index (χ0) is 18.9. The maximum atomic E-state index is 5.47. The summed E-state index contributed by atoms with van der Waals surface area (Å²) in [6.07, 6.45) is 6.16. The molecule has 1 atom stereocenters. The van der Waals surface area contributed by atoms with Crippen LogP contribution in [0.25, 0.3) is 10.9 Å². The summed E-state index contributed by atoms with van der Waals surface area (Å²) in [6, 6.07) is 6.90. The second-order valence-electron chi connectivity index (χ2n) is 7.26. The molecule has 0 radical (unpaired) electrons. The van der Waals surface area contributed by atoms with Gasteiger partial charge in [0.15, 0.2) is 0 Å². The van der Waals surface area contributed by atoms with Crippen LogP contribution in [-0.2, 0) is 0 Å². The number of unbranched alkanes of at least 4 members (excludes halogenated alkanes) is 3. The van der Waals surface area contributed by atoms with Gasteiger partial charge in [0.05, 0.1) is 18.3 Å². The molecule has 1 heterocycles. The summed E-state index contributed by atoms with van der Waals surface area (Å²) in [7, 11) is 1.72. The molecule has 0 aliphatic rings. The van der Waals surface area contributed by atoms with Gasteiger partial charge in [0.25, 0.3) is 0 Å². The number of halogens is 1. The first kappa shape index (κ1) is 23.5. The van der Waals surface area contributed by atoms with E-state index in [2.05, 4.69) is 49.6 Å². The van der Waals surface area contributed by atoms with Crippen LogP contribution in [0, 0.1) is 13.8 Å². The fourth-order valence-electron chi connectivity index (χ4n) is 3.20. The number of hydrogen-bond acceptors (Lipinski definition) is 4. The van der Waals surface area contributed by atoms with E-state index in [0.29, 0.717) is 6.04 Å². The summed E-state index contributed by atoms with van der Waals surface area (Å²) in [6.45, 7) is 10.8. The van der Waals surface area contributed by atoms with Crippen molar-refractivity contribution in [1.82, 2.24) is 10.3 Å². The molecule has 0 aliphatic heterocycles. The lowest BCUT2D eigenvalue weighted by Gasteiger charge is -2.14.